The van der Waals surface area contributed by atoms with Gasteiger partial charge in [-0.15, -0.1) is 0 Å². The molecule has 3 aromatic rings. The molecule has 0 aliphatic carbocycles. The van der Waals surface area contributed by atoms with E-state index in [4.69, 9.17) is 4.74 Å². The lowest BCUT2D eigenvalue weighted by molar-refractivity contribution is -0.116. The van der Waals surface area contributed by atoms with Crippen LogP contribution in [0.3, 0.4) is 0 Å². The van der Waals surface area contributed by atoms with Crippen LogP contribution in [0, 0.1) is 0 Å². The molecule has 0 spiro atoms. The predicted octanol–water partition coefficient (Wildman–Crippen LogP) is 3.40. The molecule has 166 valence electrons. The number of benzene rings is 2. The number of ether oxygens (including phenoxy) is 1. The van der Waals surface area contributed by atoms with E-state index in [9.17, 15) is 13.2 Å². The molecule has 7 nitrogen and oxygen atoms in total. The Morgan fingerprint density at radius 3 is 2.52 bits per heavy atom. The van der Waals surface area contributed by atoms with Gasteiger partial charge in [0.2, 0.25) is 5.91 Å². The second-order valence-corrected chi connectivity index (χ2v) is 9.85. The van der Waals surface area contributed by atoms with E-state index >= 15 is 0 Å². The molecule has 0 aliphatic rings. The lowest BCUT2D eigenvalue weighted by Crippen LogP contribution is -2.17. The van der Waals surface area contributed by atoms with Crippen molar-refractivity contribution in [2.75, 3.05) is 38.8 Å². The minimum absolute atomic E-state index is 0.0672. The first-order chi connectivity index (χ1) is 14.7. The zero-order valence-electron chi connectivity index (χ0n) is 18.2. The topological polar surface area (TPSA) is 80.6 Å². The van der Waals surface area contributed by atoms with Crippen LogP contribution in [0.5, 0.6) is 5.75 Å². The van der Waals surface area contributed by atoms with Crippen molar-refractivity contribution in [2.24, 2.45) is 0 Å². The van der Waals surface area contributed by atoms with E-state index in [1.807, 2.05) is 18.2 Å². The van der Waals surface area contributed by atoms with Crippen molar-refractivity contribution in [3.8, 4) is 5.75 Å². The maximum atomic E-state index is 12.3. The zero-order chi connectivity index (χ0) is 22.4. The van der Waals surface area contributed by atoms with Crippen LogP contribution < -0.4 is 10.1 Å². The average Bonchev–Trinajstić information content (AvgIpc) is 3.11. The molecule has 0 unspecified atom stereocenters. The molecule has 1 N–H and O–H groups in total. The number of sulfone groups is 1. The standard InChI is InChI=1S/C23H29N3O4S/c1-25(2)14-15-26-13-12-18-17-19(6-11-22(18)26)24-23(27)5-4-16-30-20-7-9-21(10-8-20)31(3,28)29/h6-13,17H,4-5,14-16H2,1-3H3,(H,24,27). The molecule has 31 heavy (non-hydrogen) atoms. The molecule has 0 bridgehead atoms. The summed E-state index contributed by atoms with van der Waals surface area (Å²) in [5.74, 6) is 0.513. The molecular formula is C23H29N3O4S. The summed E-state index contributed by atoms with van der Waals surface area (Å²) in [5, 5.41) is 4.03. The summed E-state index contributed by atoms with van der Waals surface area (Å²) in [7, 11) is 0.893. The minimum atomic E-state index is -3.22. The first kappa shape index (κ1) is 22.8. The first-order valence-electron chi connectivity index (χ1n) is 10.2. The summed E-state index contributed by atoms with van der Waals surface area (Å²) in [6.07, 6.45) is 4.13. The van der Waals surface area contributed by atoms with Gasteiger partial charge < -0.3 is 19.5 Å². The number of nitrogens with one attached hydrogen (secondary N) is 1. The van der Waals surface area contributed by atoms with Crippen molar-refractivity contribution in [1.29, 1.82) is 0 Å². The van der Waals surface area contributed by atoms with E-state index in [0.717, 1.165) is 29.7 Å². The van der Waals surface area contributed by atoms with Gasteiger partial charge in [-0.3, -0.25) is 4.79 Å². The van der Waals surface area contributed by atoms with Gasteiger partial charge in [-0.1, -0.05) is 0 Å². The number of carbonyl (C=O) groups excluding carboxylic acids is 1. The van der Waals surface area contributed by atoms with E-state index in [1.54, 1.807) is 12.1 Å². The van der Waals surface area contributed by atoms with Gasteiger partial charge in [0.25, 0.3) is 0 Å². The van der Waals surface area contributed by atoms with Gasteiger partial charge in [0.05, 0.1) is 11.5 Å². The largest absolute Gasteiger partial charge is 0.494 e. The smallest absolute Gasteiger partial charge is 0.224 e. The van der Waals surface area contributed by atoms with Crippen molar-refractivity contribution >= 4 is 32.3 Å². The summed E-state index contributed by atoms with van der Waals surface area (Å²) >= 11 is 0. The monoisotopic (exact) mass is 443 g/mol. The molecular weight excluding hydrogens is 414 g/mol. The highest BCUT2D eigenvalue weighted by Crippen LogP contribution is 2.21. The number of rotatable bonds is 10. The SMILES string of the molecule is CN(C)CCn1ccc2cc(NC(=O)CCCOc3ccc(S(C)(=O)=O)cc3)ccc21. The molecule has 0 radical (unpaired) electrons. The molecule has 0 fully saturated rings. The van der Waals surface area contributed by atoms with Crippen LogP contribution >= 0.6 is 0 Å². The molecule has 0 saturated carbocycles. The van der Waals surface area contributed by atoms with Gasteiger partial charge in [0.1, 0.15) is 5.75 Å². The summed E-state index contributed by atoms with van der Waals surface area (Å²) in [4.78, 5) is 14.7. The fraction of sp³-hybridized carbons (Fsp3) is 0.348. The van der Waals surface area contributed by atoms with Crippen molar-refractivity contribution in [2.45, 2.75) is 24.3 Å². The highest BCUT2D eigenvalue weighted by molar-refractivity contribution is 7.90. The Morgan fingerprint density at radius 1 is 1.10 bits per heavy atom. The fourth-order valence-corrected chi connectivity index (χ4v) is 3.84. The molecule has 8 heteroatoms. The Balaban J connectivity index is 1.45. The maximum Gasteiger partial charge on any atom is 0.224 e. The minimum Gasteiger partial charge on any atom is -0.494 e. The van der Waals surface area contributed by atoms with Crippen molar-refractivity contribution in [3.63, 3.8) is 0 Å². The second-order valence-electron chi connectivity index (χ2n) is 7.83. The van der Waals surface area contributed by atoms with E-state index in [2.05, 4.69) is 41.1 Å². The lowest BCUT2D eigenvalue weighted by atomic mass is 10.2. The Labute approximate surface area is 183 Å². The van der Waals surface area contributed by atoms with Gasteiger partial charge in [0.15, 0.2) is 9.84 Å². The highest BCUT2D eigenvalue weighted by Gasteiger charge is 2.08. The number of hydrogen-bond acceptors (Lipinski definition) is 5. The van der Waals surface area contributed by atoms with Gasteiger partial charge >= 0.3 is 0 Å². The summed E-state index contributed by atoms with van der Waals surface area (Å²) in [6.45, 7) is 2.25. The van der Waals surface area contributed by atoms with Crippen LogP contribution in [0.4, 0.5) is 5.69 Å². The third-order valence-corrected chi connectivity index (χ3v) is 6.04. The van der Waals surface area contributed by atoms with Crippen molar-refractivity contribution < 1.29 is 17.9 Å². The summed E-state index contributed by atoms with van der Waals surface area (Å²) in [5.41, 5.74) is 1.93. The van der Waals surface area contributed by atoms with Crippen LogP contribution in [0.1, 0.15) is 12.8 Å². The molecule has 1 aromatic heterocycles. The molecule has 1 heterocycles. The highest BCUT2D eigenvalue weighted by atomic mass is 32.2. The molecule has 0 atom stereocenters. The van der Waals surface area contributed by atoms with E-state index in [0.29, 0.717) is 25.2 Å². The van der Waals surface area contributed by atoms with Crippen LogP contribution in [0.15, 0.2) is 59.6 Å². The quantitative estimate of drug-likeness (QED) is 0.486. The molecule has 0 aliphatic heterocycles. The van der Waals surface area contributed by atoms with E-state index in [-0.39, 0.29) is 10.8 Å². The molecule has 0 saturated heterocycles. The Bertz CT molecular complexity index is 1140. The predicted molar refractivity (Wildman–Crippen MR) is 123 cm³/mol. The van der Waals surface area contributed by atoms with Crippen molar-refractivity contribution in [3.05, 3.63) is 54.7 Å². The number of carbonyl (C=O) groups is 1. The van der Waals surface area contributed by atoms with E-state index < -0.39 is 9.84 Å². The average molecular weight is 444 g/mol. The molecule has 1 amide bonds. The number of fused-ring (bicyclic) bond motifs is 1. The molecule has 3 rings (SSSR count). The first-order valence-corrected chi connectivity index (χ1v) is 12.1. The number of nitrogens with zero attached hydrogens (tertiary/aromatic N) is 2. The van der Waals surface area contributed by atoms with Gasteiger partial charge in [0, 0.05) is 48.6 Å². The Morgan fingerprint density at radius 2 is 1.84 bits per heavy atom. The van der Waals surface area contributed by atoms with Crippen LogP contribution in [-0.4, -0.2) is 57.3 Å². The maximum absolute atomic E-state index is 12.3. The normalized spacial score (nSPS) is 11.7. The van der Waals surface area contributed by atoms with Crippen LogP contribution in [-0.2, 0) is 21.2 Å². The van der Waals surface area contributed by atoms with Crippen LogP contribution in [0.25, 0.3) is 10.9 Å². The third kappa shape index (κ3) is 6.57. The summed E-state index contributed by atoms with van der Waals surface area (Å²) in [6, 6.07) is 14.3. The third-order valence-electron chi connectivity index (χ3n) is 4.91. The number of likely N-dealkylation sites (N-methyl/N-ethyl adjacent to an activating group) is 1. The molecule has 2 aromatic carbocycles. The van der Waals surface area contributed by atoms with Gasteiger partial charge in [-0.2, -0.15) is 0 Å². The lowest BCUT2D eigenvalue weighted by Gasteiger charge is -2.11. The number of anilines is 1. The number of hydrogen-bond donors (Lipinski definition) is 1. The van der Waals surface area contributed by atoms with Crippen LogP contribution in [0.2, 0.25) is 0 Å². The second kappa shape index (κ2) is 9.98. The van der Waals surface area contributed by atoms with Crippen molar-refractivity contribution in [1.82, 2.24) is 9.47 Å². The zero-order valence-corrected chi connectivity index (χ0v) is 19.0. The fourth-order valence-electron chi connectivity index (χ4n) is 3.21. The van der Waals surface area contributed by atoms with E-state index in [1.165, 1.54) is 18.4 Å². The Kier molecular flexibility index (Phi) is 7.35. The number of amides is 1. The number of aromatic nitrogens is 1. The summed E-state index contributed by atoms with van der Waals surface area (Å²) < 4.78 is 30.7. The Hall–Kier alpha value is -2.84. The van der Waals surface area contributed by atoms with Gasteiger partial charge in [-0.05, 0) is 69.0 Å². The van der Waals surface area contributed by atoms with Gasteiger partial charge in [-0.25, -0.2) is 8.42 Å².